The van der Waals surface area contributed by atoms with Crippen molar-refractivity contribution in [2.45, 2.75) is 20.0 Å². The molecular weight excluding hydrogens is 298 g/mol. The molecule has 23 heavy (non-hydrogen) atoms. The quantitative estimate of drug-likeness (QED) is 0.787. The summed E-state index contributed by atoms with van der Waals surface area (Å²) in [6.45, 7) is 2.79. The highest BCUT2D eigenvalue weighted by Crippen LogP contribution is 2.11. The number of rotatable bonds is 5. The van der Waals surface area contributed by atoms with E-state index in [0.717, 1.165) is 23.3 Å². The second kappa shape index (κ2) is 6.66. The maximum absolute atomic E-state index is 13.5. The standard InChI is InChI=1S/C17H16F2N4/c1-12-21-6-7-23(12)17-5-2-13(10-22-17)9-20-11-14-3-4-15(18)8-16(14)19/h2-8,10,20H,9,11H2,1H3. The Hall–Kier alpha value is -2.60. The van der Waals surface area contributed by atoms with E-state index in [1.807, 2.05) is 29.8 Å². The third-order valence-electron chi connectivity index (χ3n) is 3.54. The molecule has 0 aliphatic carbocycles. The molecule has 0 unspecified atom stereocenters. The van der Waals surface area contributed by atoms with Crippen molar-refractivity contribution in [1.82, 2.24) is 19.9 Å². The summed E-state index contributed by atoms with van der Waals surface area (Å²) in [5.41, 5.74) is 1.42. The Morgan fingerprint density at radius 1 is 1.09 bits per heavy atom. The number of hydrogen-bond acceptors (Lipinski definition) is 3. The summed E-state index contributed by atoms with van der Waals surface area (Å²) in [6.07, 6.45) is 5.35. The molecule has 0 saturated carbocycles. The second-order valence-electron chi connectivity index (χ2n) is 5.21. The molecular formula is C17H16F2N4. The first-order valence-corrected chi connectivity index (χ1v) is 7.23. The first-order chi connectivity index (χ1) is 11.1. The monoisotopic (exact) mass is 314 g/mol. The summed E-state index contributed by atoms with van der Waals surface area (Å²) in [5.74, 6) is 0.561. The van der Waals surface area contributed by atoms with Crippen LogP contribution < -0.4 is 5.32 Å². The number of nitrogens with zero attached hydrogens (tertiary/aromatic N) is 3. The minimum absolute atomic E-state index is 0.328. The van der Waals surface area contributed by atoms with E-state index in [9.17, 15) is 8.78 Å². The first-order valence-electron chi connectivity index (χ1n) is 7.23. The molecule has 6 heteroatoms. The van der Waals surface area contributed by atoms with Crippen LogP contribution in [0.25, 0.3) is 5.82 Å². The van der Waals surface area contributed by atoms with Gasteiger partial charge in [-0.1, -0.05) is 12.1 Å². The largest absolute Gasteiger partial charge is 0.308 e. The van der Waals surface area contributed by atoms with Crippen LogP contribution in [0.5, 0.6) is 0 Å². The van der Waals surface area contributed by atoms with Crippen LogP contribution in [0.4, 0.5) is 8.78 Å². The second-order valence-corrected chi connectivity index (χ2v) is 5.21. The molecule has 2 heterocycles. The van der Waals surface area contributed by atoms with Crippen molar-refractivity contribution in [1.29, 1.82) is 0 Å². The lowest BCUT2D eigenvalue weighted by Gasteiger charge is -2.08. The van der Waals surface area contributed by atoms with E-state index < -0.39 is 11.6 Å². The Bertz CT molecular complexity index is 797. The molecule has 3 rings (SSSR count). The molecule has 0 saturated heterocycles. The number of halogens is 2. The van der Waals surface area contributed by atoms with Crippen molar-refractivity contribution in [2.24, 2.45) is 0 Å². The number of nitrogens with one attached hydrogen (secondary N) is 1. The summed E-state index contributed by atoms with van der Waals surface area (Å²) >= 11 is 0. The fraction of sp³-hybridized carbons (Fsp3) is 0.176. The van der Waals surface area contributed by atoms with Crippen molar-refractivity contribution >= 4 is 0 Å². The predicted octanol–water partition coefficient (Wildman–Crippen LogP) is 3.14. The zero-order valence-electron chi connectivity index (χ0n) is 12.6. The van der Waals surface area contributed by atoms with Gasteiger partial charge in [-0.3, -0.25) is 4.57 Å². The van der Waals surface area contributed by atoms with Gasteiger partial charge >= 0.3 is 0 Å². The molecule has 0 amide bonds. The molecule has 1 N–H and O–H groups in total. The lowest BCUT2D eigenvalue weighted by Crippen LogP contribution is -2.14. The van der Waals surface area contributed by atoms with E-state index in [4.69, 9.17) is 0 Å². The first kappa shape index (κ1) is 15.3. The summed E-state index contributed by atoms with van der Waals surface area (Å²) in [6, 6.07) is 7.45. The smallest absolute Gasteiger partial charge is 0.137 e. The molecule has 0 atom stereocenters. The summed E-state index contributed by atoms with van der Waals surface area (Å²) < 4.78 is 28.3. The summed E-state index contributed by atoms with van der Waals surface area (Å²) in [5, 5.41) is 3.12. The topological polar surface area (TPSA) is 42.7 Å². The SMILES string of the molecule is Cc1nccn1-c1ccc(CNCc2ccc(F)cc2F)cn1. The number of aryl methyl sites for hydroxylation is 1. The average Bonchev–Trinajstić information content (AvgIpc) is 2.96. The number of benzene rings is 1. The van der Waals surface area contributed by atoms with Crippen molar-refractivity contribution in [2.75, 3.05) is 0 Å². The maximum Gasteiger partial charge on any atom is 0.137 e. The Morgan fingerprint density at radius 2 is 1.96 bits per heavy atom. The molecule has 2 aromatic heterocycles. The zero-order valence-corrected chi connectivity index (χ0v) is 12.6. The number of aromatic nitrogens is 3. The number of imidazole rings is 1. The Balaban J connectivity index is 1.60. The van der Waals surface area contributed by atoms with Gasteiger partial charge in [-0.15, -0.1) is 0 Å². The van der Waals surface area contributed by atoms with Gasteiger partial charge in [0.2, 0.25) is 0 Å². The van der Waals surface area contributed by atoms with E-state index in [1.54, 1.807) is 12.4 Å². The maximum atomic E-state index is 13.5. The third kappa shape index (κ3) is 3.60. The van der Waals surface area contributed by atoms with Crippen molar-refractivity contribution in [3.05, 3.63) is 77.5 Å². The number of hydrogen-bond donors (Lipinski definition) is 1. The highest BCUT2D eigenvalue weighted by molar-refractivity contribution is 5.27. The number of pyridine rings is 1. The van der Waals surface area contributed by atoms with Gasteiger partial charge in [-0.25, -0.2) is 18.7 Å². The van der Waals surface area contributed by atoms with Crippen LogP contribution in [0.3, 0.4) is 0 Å². The van der Waals surface area contributed by atoms with Crippen LogP contribution in [0, 0.1) is 18.6 Å². The highest BCUT2D eigenvalue weighted by Gasteiger charge is 2.04. The van der Waals surface area contributed by atoms with Gasteiger partial charge in [0.05, 0.1) is 0 Å². The molecule has 3 aromatic rings. The van der Waals surface area contributed by atoms with Crippen LogP contribution in [-0.2, 0) is 13.1 Å². The van der Waals surface area contributed by atoms with Gasteiger partial charge in [0.1, 0.15) is 23.3 Å². The Kier molecular flexibility index (Phi) is 4.43. The normalized spacial score (nSPS) is 10.9. The van der Waals surface area contributed by atoms with Crippen LogP contribution in [-0.4, -0.2) is 14.5 Å². The molecule has 0 aliphatic rings. The van der Waals surface area contributed by atoms with Gasteiger partial charge in [0.15, 0.2) is 0 Å². The molecule has 0 spiro atoms. The predicted molar refractivity (Wildman–Crippen MR) is 83.0 cm³/mol. The Morgan fingerprint density at radius 3 is 2.61 bits per heavy atom. The summed E-state index contributed by atoms with van der Waals surface area (Å²) in [7, 11) is 0. The van der Waals surface area contributed by atoms with Crippen molar-refractivity contribution in [3.63, 3.8) is 0 Å². The van der Waals surface area contributed by atoms with Crippen molar-refractivity contribution < 1.29 is 8.78 Å². The molecule has 0 fully saturated rings. The summed E-state index contributed by atoms with van der Waals surface area (Å²) in [4.78, 5) is 8.56. The zero-order chi connectivity index (χ0) is 16.2. The van der Waals surface area contributed by atoms with Crippen LogP contribution >= 0.6 is 0 Å². The molecule has 0 bridgehead atoms. The van der Waals surface area contributed by atoms with Gasteiger partial charge < -0.3 is 5.32 Å². The van der Waals surface area contributed by atoms with E-state index in [-0.39, 0.29) is 0 Å². The van der Waals surface area contributed by atoms with Gasteiger partial charge in [0, 0.05) is 43.3 Å². The molecule has 1 aromatic carbocycles. The molecule has 0 radical (unpaired) electrons. The fourth-order valence-electron chi connectivity index (χ4n) is 2.29. The van der Waals surface area contributed by atoms with Crippen molar-refractivity contribution in [3.8, 4) is 5.82 Å². The van der Waals surface area contributed by atoms with E-state index in [2.05, 4.69) is 15.3 Å². The van der Waals surface area contributed by atoms with Gasteiger partial charge in [-0.2, -0.15) is 0 Å². The van der Waals surface area contributed by atoms with Gasteiger partial charge in [0.25, 0.3) is 0 Å². The van der Waals surface area contributed by atoms with Gasteiger partial charge in [-0.05, 0) is 24.6 Å². The lowest BCUT2D eigenvalue weighted by atomic mass is 10.2. The van der Waals surface area contributed by atoms with Crippen LogP contribution in [0.15, 0.2) is 48.9 Å². The minimum Gasteiger partial charge on any atom is -0.308 e. The van der Waals surface area contributed by atoms with Crippen LogP contribution in [0.2, 0.25) is 0 Å². The van der Waals surface area contributed by atoms with E-state index >= 15 is 0 Å². The van der Waals surface area contributed by atoms with Crippen LogP contribution in [0.1, 0.15) is 17.0 Å². The average molecular weight is 314 g/mol. The van der Waals surface area contributed by atoms with E-state index in [0.29, 0.717) is 18.7 Å². The lowest BCUT2D eigenvalue weighted by molar-refractivity contribution is 0.560. The third-order valence-corrected chi connectivity index (χ3v) is 3.54. The fourth-order valence-corrected chi connectivity index (χ4v) is 2.29. The molecule has 4 nitrogen and oxygen atoms in total. The minimum atomic E-state index is -0.569. The van der Waals surface area contributed by atoms with E-state index in [1.165, 1.54) is 12.1 Å². The highest BCUT2D eigenvalue weighted by atomic mass is 19.1. The molecule has 0 aliphatic heterocycles. The molecule has 118 valence electrons. The Labute approximate surface area is 132 Å².